The third kappa shape index (κ3) is 4.00. The van der Waals surface area contributed by atoms with Crippen LogP contribution in [0.3, 0.4) is 0 Å². The van der Waals surface area contributed by atoms with E-state index in [1.165, 1.54) is 0 Å². The van der Waals surface area contributed by atoms with Crippen LogP contribution in [-0.4, -0.2) is 21.0 Å². The van der Waals surface area contributed by atoms with Gasteiger partial charge in [0.15, 0.2) is 0 Å². The van der Waals surface area contributed by atoms with Crippen LogP contribution >= 0.6 is 11.6 Å². The zero-order valence-corrected chi connectivity index (χ0v) is 12.0. The van der Waals surface area contributed by atoms with Crippen LogP contribution in [0.15, 0.2) is 6.20 Å². The molecule has 1 aromatic rings. The van der Waals surface area contributed by atoms with E-state index < -0.39 is 0 Å². The lowest BCUT2D eigenvalue weighted by atomic mass is 9.86. The van der Waals surface area contributed by atoms with Crippen LogP contribution in [-0.2, 0) is 13.0 Å². The number of rotatable bonds is 5. The molecule has 0 spiro atoms. The highest BCUT2D eigenvalue weighted by molar-refractivity contribution is 6.31. The first-order valence-corrected chi connectivity index (χ1v) is 6.62. The molecule has 0 aliphatic heterocycles. The van der Waals surface area contributed by atoms with Gasteiger partial charge in [-0.3, -0.25) is 4.68 Å². The zero-order chi connectivity index (χ0) is 13.1. The van der Waals surface area contributed by atoms with Crippen molar-refractivity contribution in [3.05, 3.63) is 16.9 Å². The standard InChI is InChI=1S/C13H23ClN2O/c1-5-8-16-11(10(14)9-15-16)6-7-12(17)13(2,3)4/h9,12,17H,5-8H2,1-4H3. The molecule has 17 heavy (non-hydrogen) atoms. The van der Waals surface area contributed by atoms with Crippen LogP contribution < -0.4 is 0 Å². The van der Waals surface area contributed by atoms with Gasteiger partial charge < -0.3 is 5.11 Å². The van der Waals surface area contributed by atoms with Crippen LogP contribution in [0.2, 0.25) is 5.02 Å². The van der Waals surface area contributed by atoms with E-state index in [4.69, 9.17) is 11.6 Å². The van der Waals surface area contributed by atoms with E-state index in [-0.39, 0.29) is 11.5 Å². The molecule has 1 unspecified atom stereocenters. The molecule has 0 bridgehead atoms. The van der Waals surface area contributed by atoms with Crippen LogP contribution in [0.1, 0.15) is 46.2 Å². The Kier molecular flexibility index (Phi) is 5.02. The fourth-order valence-corrected chi connectivity index (χ4v) is 1.98. The van der Waals surface area contributed by atoms with Gasteiger partial charge in [0, 0.05) is 6.54 Å². The average molecular weight is 259 g/mol. The molecule has 1 rings (SSSR count). The maximum atomic E-state index is 10.0. The van der Waals surface area contributed by atoms with Crippen molar-refractivity contribution in [2.24, 2.45) is 5.41 Å². The molecular formula is C13H23ClN2O. The van der Waals surface area contributed by atoms with E-state index in [0.717, 1.165) is 31.5 Å². The zero-order valence-electron chi connectivity index (χ0n) is 11.2. The Hall–Kier alpha value is -0.540. The summed E-state index contributed by atoms with van der Waals surface area (Å²) in [5.74, 6) is 0. The minimum absolute atomic E-state index is 0.0813. The topological polar surface area (TPSA) is 38.0 Å². The molecule has 3 nitrogen and oxygen atoms in total. The van der Waals surface area contributed by atoms with Gasteiger partial charge in [-0.15, -0.1) is 0 Å². The third-order valence-electron chi connectivity index (χ3n) is 2.99. The molecule has 0 amide bonds. The van der Waals surface area contributed by atoms with Gasteiger partial charge in [0.1, 0.15) is 0 Å². The minimum atomic E-state index is -0.316. The second-order valence-electron chi connectivity index (χ2n) is 5.58. The van der Waals surface area contributed by atoms with E-state index >= 15 is 0 Å². The summed E-state index contributed by atoms with van der Waals surface area (Å²) in [4.78, 5) is 0. The molecule has 98 valence electrons. The molecule has 1 atom stereocenters. The SMILES string of the molecule is CCCn1ncc(Cl)c1CCC(O)C(C)(C)C. The van der Waals surface area contributed by atoms with Gasteiger partial charge in [-0.25, -0.2) is 0 Å². The van der Waals surface area contributed by atoms with Crippen LogP contribution in [0.4, 0.5) is 0 Å². The molecule has 0 aliphatic carbocycles. The Balaban J connectivity index is 2.65. The molecule has 1 aromatic heterocycles. The molecule has 0 fully saturated rings. The predicted octanol–water partition coefficient (Wildman–Crippen LogP) is 3.29. The highest BCUT2D eigenvalue weighted by Crippen LogP contribution is 2.25. The van der Waals surface area contributed by atoms with E-state index in [2.05, 4.69) is 12.0 Å². The number of aryl methyl sites for hydroxylation is 1. The molecule has 4 heteroatoms. The molecule has 0 radical (unpaired) electrons. The number of aliphatic hydroxyl groups is 1. The Bertz CT molecular complexity index is 355. The Morgan fingerprint density at radius 1 is 1.47 bits per heavy atom. The highest BCUT2D eigenvalue weighted by atomic mass is 35.5. The number of hydrogen-bond acceptors (Lipinski definition) is 2. The molecule has 0 aromatic carbocycles. The van der Waals surface area contributed by atoms with Gasteiger partial charge in [-0.1, -0.05) is 39.3 Å². The summed E-state index contributed by atoms with van der Waals surface area (Å²) in [5.41, 5.74) is 0.957. The van der Waals surface area contributed by atoms with Crippen molar-refractivity contribution in [1.82, 2.24) is 9.78 Å². The second-order valence-corrected chi connectivity index (χ2v) is 5.99. The predicted molar refractivity (Wildman–Crippen MR) is 71.3 cm³/mol. The van der Waals surface area contributed by atoms with Crippen molar-refractivity contribution in [1.29, 1.82) is 0 Å². The summed E-state index contributed by atoms with van der Waals surface area (Å²) in [6.07, 6.45) is 3.90. The minimum Gasteiger partial charge on any atom is -0.393 e. The smallest absolute Gasteiger partial charge is 0.0817 e. The first-order chi connectivity index (χ1) is 7.86. The third-order valence-corrected chi connectivity index (χ3v) is 3.30. The van der Waals surface area contributed by atoms with Gasteiger partial charge in [0.2, 0.25) is 0 Å². The van der Waals surface area contributed by atoms with Crippen molar-refractivity contribution < 1.29 is 5.11 Å². The molecule has 0 saturated carbocycles. The van der Waals surface area contributed by atoms with Gasteiger partial charge in [-0.05, 0) is 24.7 Å². The van der Waals surface area contributed by atoms with Crippen LogP contribution in [0, 0.1) is 5.41 Å². The van der Waals surface area contributed by atoms with Gasteiger partial charge >= 0.3 is 0 Å². The summed E-state index contributed by atoms with van der Waals surface area (Å²) in [6, 6.07) is 0. The number of hydrogen-bond donors (Lipinski definition) is 1. The molecule has 1 heterocycles. The number of aromatic nitrogens is 2. The van der Waals surface area contributed by atoms with Crippen LogP contribution in [0.5, 0.6) is 0 Å². The van der Waals surface area contributed by atoms with Gasteiger partial charge in [-0.2, -0.15) is 5.10 Å². The number of aliphatic hydroxyl groups excluding tert-OH is 1. The Morgan fingerprint density at radius 2 is 2.12 bits per heavy atom. The van der Waals surface area contributed by atoms with E-state index in [9.17, 15) is 5.11 Å². The fourth-order valence-electron chi connectivity index (χ4n) is 1.75. The molecule has 0 aliphatic rings. The molecule has 1 N–H and O–H groups in total. The van der Waals surface area contributed by atoms with Crippen molar-refractivity contribution in [3.8, 4) is 0 Å². The monoisotopic (exact) mass is 258 g/mol. The van der Waals surface area contributed by atoms with E-state index in [1.54, 1.807) is 6.20 Å². The average Bonchev–Trinajstić information content (AvgIpc) is 2.56. The van der Waals surface area contributed by atoms with Crippen molar-refractivity contribution >= 4 is 11.6 Å². The van der Waals surface area contributed by atoms with Gasteiger partial charge in [0.25, 0.3) is 0 Å². The number of nitrogens with zero attached hydrogens (tertiary/aromatic N) is 2. The van der Waals surface area contributed by atoms with Crippen LogP contribution in [0.25, 0.3) is 0 Å². The number of halogens is 1. The van der Waals surface area contributed by atoms with Crippen molar-refractivity contribution in [2.75, 3.05) is 0 Å². The Morgan fingerprint density at radius 3 is 2.65 bits per heavy atom. The van der Waals surface area contributed by atoms with Gasteiger partial charge in [0.05, 0.1) is 23.0 Å². The van der Waals surface area contributed by atoms with E-state index in [1.807, 2.05) is 25.5 Å². The van der Waals surface area contributed by atoms with E-state index in [0.29, 0.717) is 5.02 Å². The molecular weight excluding hydrogens is 236 g/mol. The Labute approximate surface area is 109 Å². The van der Waals surface area contributed by atoms with Crippen molar-refractivity contribution in [3.63, 3.8) is 0 Å². The quantitative estimate of drug-likeness (QED) is 0.880. The summed E-state index contributed by atoms with van der Waals surface area (Å²) < 4.78 is 1.94. The first kappa shape index (κ1) is 14.5. The molecule has 0 saturated heterocycles. The summed E-state index contributed by atoms with van der Waals surface area (Å²) in [6.45, 7) is 9.13. The maximum absolute atomic E-state index is 10.0. The lowest BCUT2D eigenvalue weighted by molar-refractivity contribution is 0.0555. The first-order valence-electron chi connectivity index (χ1n) is 6.24. The maximum Gasteiger partial charge on any atom is 0.0817 e. The largest absolute Gasteiger partial charge is 0.393 e. The summed E-state index contributed by atoms with van der Waals surface area (Å²) in [5, 5.41) is 15.0. The summed E-state index contributed by atoms with van der Waals surface area (Å²) >= 11 is 6.11. The lowest BCUT2D eigenvalue weighted by Crippen LogP contribution is -2.26. The second kappa shape index (κ2) is 5.87. The lowest BCUT2D eigenvalue weighted by Gasteiger charge is -2.25. The van der Waals surface area contributed by atoms with Crippen molar-refractivity contribution in [2.45, 2.75) is 59.6 Å². The fraction of sp³-hybridized carbons (Fsp3) is 0.769. The summed E-state index contributed by atoms with van der Waals surface area (Å²) in [7, 11) is 0. The highest BCUT2D eigenvalue weighted by Gasteiger charge is 2.22. The normalized spacial score (nSPS) is 14.0.